The van der Waals surface area contributed by atoms with Gasteiger partial charge in [0, 0.05) is 19.7 Å². The average Bonchev–Trinajstić information content (AvgIpc) is 2.34. The molecule has 0 aromatic heterocycles. The lowest BCUT2D eigenvalue weighted by atomic mass is 10.1. The number of carboxylic acid groups (broad SMARTS) is 1. The number of urea groups is 1. The minimum absolute atomic E-state index is 0.0536. The van der Waals surface area contributed by atoms with Gasteiger partial charge in [-0.1, -0.05) is 26.2 Å². The third-order valence-electron chi connectivity index (χ3n) is 2.79. The fourth-order valence-electron chi connectivity index (χ4n) is 1.69. The van der Waals surface area contributed by atoms with Crippen LogP contribution in [0.15, 0.2) is 0 Å². The zero-order chi connectivity index (χ0) is 14.7. The number of carboxylic acids is 1. The number of hydrogen-bond acceptors (Lipinski definition) is 3. The molecule has 0 radical (unpaired) electrons. The van der Waals surface area contributed by atoms with Crippen LogP contribution in [0.4, 0.5) is 4.79 Å². The summed E-state index contributed by atoms with van der Waals surface area (Å²) in [4.78, 5) is 23.9. The number of carbonyl (C=O) groups excluding carboxylic acids is 1. The Morgan fingerprint density at radius 3 is 2.58 bits per heavy atom. The Morgan fingerprint density at radius 2 is 2.05 bits per heavy atom. The van der Waals surface area contributed by atoms with E-state index in [2.05, 4.69) is 12.2 Å². The van der Waals surface area contributed by atoms with Gasteiger partial charge in [0.1, 0.15) is 6.54 Å². The summed E-state index contributed by atoms with van der Waals surface area (Å²) in [5.74, 6) is -1.02. The summed E-state index contributed by atoms with van der Waals surface area (Å²) in [6.45, 7) is 4.35. The van der Waals surface area contributed by atoms with Gasteiger partial charge in [-0.3, -0.25) is 4.79 Å². The summed E-state index contributed by atoms with van der Waals surface area (Å²) in [6.07, 6.45) is 4.25. The van der Waals surface area contributed by atoms with Gasteiger partial charge in [0.15, 0.2) is 0 Å². The minimum Gasteiger partial charge on any atom is -0.480 e. The Morgan fingerprint density at radius 1 is 1.37 bits per heavy atom. The molecule has 0 aromatic carbocycles. The first-order chi connectivity index (χ1) is 9.01. The van der Waals surface area contributed by atoms with E-state index in [4.69, 9.17) is 9.84 Å². The number of ether oxygens (including phenoxy) is 1. The summed E-state index contributed by atoms with van der Waals surface area (Å²) >= 11 is 0. The molecule has 0 aliphatic heterocycles. The molecule has 112 valence electrons. The van der Waals surface area contributed by atoms with Crippen molar-refractivity contribution in [3.63, 3.8) is 0 Å². The Hall–Kier alpha value is -1.30. The van der Waals surface area contributed by atoms with Crippen molar-refractivity contribution in [3.8, 4) is 0 Å². The van der Waals surface area contributed by atoms with Gasteiger partial charge in [0.25, 0.3) is 0 Å². The first-order valence-corrected chi connectivity index (χ1v) is 6.77. The molecule has 0 saturated carbocycles. The van der Waals surface area contributed by atoms with Gasteiger partial charge in [-0.25, -0.2) is 4.79 Å². The second-order valence-corrected chi connectivity index (χ2v) is 4.65. The molecule has 6 nitrogen and oxygen atoms in total. The molecule has 6 heteroatoms. The number of amides is 2. The molecule has 1 atom stereocenters. The molecule has 0 aliphatic carbocycles. The number of aliphatic carboxylic acids is 1. The van der Waals surface area contributed by atoms with Crippen molar-refractivity contribution in [1.82, 2.24) is 10.2 Å². The molecule has 0 rings (SSSR count). The second-order valence-electron chi connectivity index (χ2n) is 4.65. The molecule has 19 heavy (non-hydrogen) atoms. The van der Waals surface area contributed by atoms with Gasteiger partial charge in [-0.05, 0) is 13.3 Å². The van der Waals surface area contributed by atoms with Crippen LogP contribution >= 0.6 is 0 Å². The van der Waals surface area contributed by atoms with Crippen molar-refractivity contribution in [2.75, 3.05) is 26.8 Å². The van der Waals surface area contributed by atoms with Crippen LogP contribution in [0, 0.1) is 0 Å². The van der Waals surface area contributed by atoms with Gasteiger partial charge in [-0.2, -0.15) is 0 Å². The highest BCUT2D eigenvalue weighted by atomic mass is 16.5. The van der Waals surface area contributed by atoms with Crippen molar-refractivity contribution in [2.45, 2.75) is 45.6 Å². The lowest BCUT2D eigenvalue weighted by molar-refractivity contribution is -0.137. The Bertz CT molecular complexity index is 271. The standard InChI is InChI=1S/C13H26N2O4/c1-4-5-6-7-11(2)14-13(18)15(8-9-19-3)10-12(16)17/h11H,4-10H2,1-3H3,(H,14,18)(H,16,17). The smallest absolute Gasteiger partial charge is 0.323 e. The Kier molecular flexibility index (Phi) is 9.88. The van der Waals surface area contributed by atoms with Crippen LogP contribution < -0.4 is 5.32 Å². The molecule has 2 amide bonds. The molecule has 2 N–H and O–H groups in total. The van der Waals surface area contributed by atoms with Crippen LogP contribution in [-0.2, 0) is 9.53 Å². The zero-order valence-corrected chi connectivity index (χ0v) is 12.1. The van der Waals surface area contributed by atoms with Gasteiger partial charge in [-0.15, -0.1) is 0 Å². The third kappa shape index (κ3) is 9.30. The number of unbranched alkanes of at least 4 members (excludes halogenated alkanes) is 2. The molecule has 0 fully saturated rings. The summed E-state index contributed by atoms with van der Waals surface area (Å²) in [7, 11) is 1.52. The molecule has 1 unspecified atom stereocenters. The normalized spacial score (nSPS) is 11.9. The van der Waals surface area contributed by atoms with E-state index in [9.17, 15) is 9.59 Å². The number of methoxy groups -OCH3 is 1. The maximum absolute atomic E-state index is 11.9. The largest absolute Gasteiger partial charge is 0.480 e. The summed E-state index contributed by atoms with van der Waals surface area (Å²) < 4.78 is 4.87. The van der Waals surface area contributed by atoms with Crippen molar-refractivity contribution in [2.24, 2.45) is 0 Å². The lowest BCUT2D eigenvalue weighted by Crippen LogP contribution is -2.47. The topological polar surface area (TPSA) is 78.9 Å². The van der Waals surface area contributed by atoms with Gasteiger partial charge < -0.3 is 20.1 Å². The van der Waals surface area contributed by atoms with E-state index < -0.39 is 5.97 Å². The van der Waals surface area contributed by atoms with Crippen LogP contribution in [-0.4, -0.2) is 54.9 Å². The van der Waals surface area contributed by atoms with Crippen LogP contribution in [0.3, 0.4) is 0 Å². The number of carbonyl (C=O) groups is 2. The Balaban J connectivity index is 4.17. The van der Waals surface area contributed by atoms with E-state index in [1.807, 2.05) is 6.92 Å². The third-order valence-corrected chi connectivity index (χ3v) is 2.79. The minimum atomic E-state index is -1.02. The van der Waals surface area contributed by atoms with E-state index in [1.165, 1.54) is 12.0 Å². The van der Waals surface area contributed by atoms with E-state index in [-0.39, 0.29) is 25.2 Å². The zero-order valence-electron chi connectivity index (χ0n) is 12.1. The average molecular weight is 274 g/mol. The fourth-order valence-corrected chi connectivity index (χ4v) is 1.69. The number of nitrogens with zero attached hydrogens (tertiary/aromatic N) is 1. The molecular weight excluding hydrogens is 248 g/mol. The highest BCUT2D eigenvalue weighted by molar-refractivity contribution is 5.80. The molecule has 0 aromatic rings. The van der Waals surface area contributed by atoms with Gasteiger partial charge >= 0.3 is 12.0 Å². The summed E-state index contributed by atoms with van der Waals surface area (Å²) in [6, 6.07) is -0.290. The fraction of sp³-hybridized carbons (Fsp3) is 0.846. The molecular formula is C13H26N2O4. The van der Waals surface area contributed by atoms with E-state index in [0.29, 0.717) is 6.61 Å². The van der Waals surface area contributed by atoms with E-state index >= 15 is 0 Å². The maximum atomic E-state index is 11.9. The Labute approximate surface area is 115 Å². The number of nitrogens with one attached hydrogen (secondary N) is 1. The van der Waals surface area contributed by atoms with Gasteiger partial charge in [0.05, 0.1) is 6.61 Å². The monoisotopic (exact) mass is 274 g/mol. The van der Waals surface area contributed by atoms with Crippen LogP contribution in [0.2, 0.25) is 0 Å². The first-order valence-electron chi connectivity index (χ1n) is 6.77. The van der Waals surface area contributed by atoms with Crippen molar-refractivity contribution < 1.29 is 19.4 Å². The number of rotatable bonds is 10. The summed E-state index contributed by atoms with van der Waals surface area (Å²) in [5, 5.41) is 11.6. The van der Waals surface area contributed by atoms with Crippen LogP contribution in [0.5, 0.6) is 0 Å². The highest BCUT2D eigenvalue weighted by Crippen LogP contribution is 2.03. The predicted octanol–water partition coefficient (Wildman–Crippen LogP) is 1.70. The van der Waals surface area contributed by atoms with Crippen LogP contribution in [0.25, 0.3) is 0 Å². The van der Waals surface area contributed by atoms with E-state index in [0.717, 1.165) is 25.7 Å². The molecule has 0 heterocycles. The van der Waals surface area contributed by atoms with Gasteiger partial charge in [0.2, 0.25) is 0 Å². The highest BCUT2D eigenvalue weighted by Gasteiger charge is 2.17. The molecule has 0 saturated heterocycles. The van der Waals surface area contributed by atoms with Crippen LogP contribution in [0.1, 0.15) is 39.5 Å². The summed E-state index contributed by atoms with van der Waals surface area (Å²) in [5.41, 5.74) is 0. The predicted molar refractivity (Wildman–Crippen MR) is 73.2 cm³/mol. The lowest BCUT2D eigenvalue weighted by Gasteiger charge is -2.23. The molecule has 0 spiro atoms. The molecule has 0 aliphatic rings. The first kappa shape index (κ1) is 17.7. The number of hydrogen-bond donors (Lipinski definition) is 2. The van der Waals surface area contributed by atoms with Crippen molar-refractivity contribution >= 4 is 12.0 Å². The SMILES string of the molecule is CCCCCC(C)NC(=O)N(CCOC)CC(=O)O. The van der Waals surface area contributed by atoms with Crippen molar-refractivity contribution in [1.29, 1.82) is 0 Å². The molecule has 0 bridgehead atoms. The quantitative estimate of drug-likeness (QED) is 0.594. The van der Waals surface area contributed by atoms with E-state index in [1.54, 1.807) is 0 Å². The second kappa shape index (κ2) is 10.6. The van der Waals surface area contributed by atoms with Crippen molar-refractivity contribution in [3.05, 3.63) is 0 Å². The maximum Gasteiger partial charge on any atom is 0.323 e.